The SMILES string of the molecule is O=C(O)CC1(O)CCCn2c1c(Sc1ccc(Cl)cc1)c1c(Br)cc(F)cc12. The molecule has 0 amide bonds. The molecule has 1 aromatic heterocycles. The number of hydrogen-bond donors (Lipinski definition) is 2. The predicted molar refractivity (Wildman–Crippen MR) is 111 cm³/mol. The minimum Gasteiger partial charge on any atom is -0.481 e. The summed E-state index contributed by atoms with van der Waals surface area (Å²) < 4.78 is 16.6. The van der Waals surface area contributed by atoms with Gasteiger partial charge in [0.25, 0.3) is 0 Å². The number of rotatable bonds is 4. The van der Waals surface area contributed by atoms with Crippen LogP contribution in [0.3, 0.4) is 0 Å². The normalized spacial score (nSPS) is 19.0. The van der Waals surface area contributed by atoms with Gasteiger partial charge in [-0.05, 0) is 65.2 Å². The van der Waals surface area contributed by atoms with E-state index in [1.165, 1.54) is 23.9 Å². The van der Waals surface area contributed by atoms with Crippen LogP contribution in [0.15, 0.2) is 50.7 Å². The van der Waals surface area contributed by atoms with Crippen molar-refractivity contribution in [1.82, 2.24) is 4.57 Å². The first-order valence-corrected chi connectivity index (χ1v) is 10.7. The van der Waals surface area contributed by atoms with Gasteiger partial charge < -0.3 is 14.8 Å². The van der Waals surface area contributed by atoms with Gasteiger partial charge >= 0.3 is 5.97 Å². The van der Waals surface area contributed by atoms with E-state index in [9.17, 15) is 19.4 Å². The molecule has 4 rings (SSSR count). The van der Waals surface area contributed by atoms with E-state index in [0.29, 0.717) is 40.1 Å². The number of aromatic nitrogens is 1. The second-order valence-corrected chi connectivity index (χ2v) is 9.25. The summed E-state index contributed by atoms with van der Waals surface area (Å²) in [7, 11) is 0. The molecule has 0 spiro atoms. The van der Waals surface area contributed by atoms with Gasteiger partial charge in [-0.25, -0.2) is 4.39 Å². The number of carboxylic acids is 1. The number of carboxylic acid groups (broad SMARTS) is 1. The van der Waals surface area contributed by atoms with Crippen molar-refractivity contribution in [1.29, 1.82) is 0 Å². The van der Waals surface area contributed by atoms with Gasteiger partial charge in [-0.15, -0.1) is 0 Å². The lowest BCUT2D eigenvalue weighted by Gasteiger charge is -2.34. The maximum absolute atomic E-state index is 14.1. The molecule has 28 heavy (non-hydrogen) atoms. The topological polar surface area (TPSA) is 62.5 Å². The molecule has 1 atom stereocenters. The molecular weight excluding hydrogens is 469 g/mol. The van der Waals surface area contributed by atoms with Crippen LogP contribution in [0.25, 0.3) is 10.9 Å². The molecule has 146 valence electrons. The highest BCUT2D eigenvalue weighted by molar-refractivity contribution is 9.10. The molecule has 2 N–H and O–H groups in total. The number of nitrogens with zero attached hydrogens (tertiary/aromatic N) is 1. The Kier molecular flexibility index (Phi) is 5.20. The number of benzene rings is 2. The molecule has 0 aliphatic carbocycles. The number of fused-ring (bicyclic) bond motifs is 3. The molecule has 2 heterocycles. The summed E-state index contributed by atoms with van der Waals surface area (Å²) in [4.78, 5) is 13.1. The fraction of sp³-hybridized carbons (Fsp3) is 0.250. The highest BCUT2D eigenvalue weighted by atomic mass is 79.9. The van der Waals surface area contributed by atoms with Gasteiger partial charge in [-0.3, -0.25) is 4.79 Å². The first kappa shape index (κ1) is 19.8. The molecule has 1 aliphatic rings. The Morgan fingerprint density at radius 2 is 2.04 bits per heavy atom. The highest BCUT2D eigenvalue weighted by Gasteiger charge is 2.41. The van der Waals surface area contributed by atoms with E-state index in [1.54, 1.807) is 12.1 Å². The molecule has 1 aliphatic heterocycles. The van der Waals surface area contributed by atoms with Gasteiger partial charge in [-0.1, -0.05) is 23.4 Å². The lowest BCUT2D eigenvalue weighted by molar-refractivity contribution is -0.144. The third-order valence-electron chi connectivity index (χ3n) is 4.93. The van der Waals surface area contributed by atoms with E-state index >= 15 is 0 Å². The van der Waals surface area contributed by atoms with Crippen LogP contribution in [0.4, 0.5) is 4.39 Å². The Bertz CT molecular complexity index is 1090. The Morgan fingerprint density at radius 1 is 1.32 bits per heavy atom. The van der Waals surface area contributed by atoms with Gasteiger partial charge in [0.15, 0.2) is 0 Å². The molecule has 8 heteroatoms. The summed E-state index contributed by atoms with van der Waals surface area (Å²) in [5.74, 6) is -1.47. The van der Waals surface area contributed by atoms with Crippen molar-refractivity contribution in [3.63, 3.8) is 0 Å². The van der Waals surface area contributed by atoms with Gasteiger partial charge in [0.05, 0.1) is 17.6 Å². The van der Waals surface area contributed by atoms with Crippen LogP contribution in [0, 0.1) is 5.82 Å². The number of aliphatic hydroxyl groups is 1. The van der Waals surface area contributed by atoms with Crippen LogP contribution < -0.4 is 0 Å². The minimum absolute atomic E-state index is 0.337. The molecule has 0 saturated heterocycles. The molecule has 0 fully saturated rings. The van der Waals surface area contributed by atoms with Crippen LogP contribution in [0.5, 0.6) is 0 Å². The van der Waals surface area contributed by atoms with Gasteiger partial charge in [-0.2, -0.15) is 0 Å². The largest absolute Gasteiger partial charge is 0.481 e. The second-order valence-electron chi connectivity index (χ2n) is 6.87. The van der Waals surface area contributed by atoms with Crippen LogP contribution >= 0.6 is 39.3 Å². The zero-order valence-corrected chi connectivity index (χ0v) is 17.7. The molecular formula is C20H16BrClFNO3S. The molecule has 2 aromatic carbocycles. The number of aryl methyl sites for hydroxylation is 1. The van der Waals surface area contributed by atoms with Crippen LogP contribution in [-0.4, -0.2) is 20.7 Å². The predicted octanol–water partition coefficient (Wildman–Crippen LogP) is 5.80. The van der Waals surface area contributed by atoms with E-state index in [4.69, 9.17) is 11.6 Å². The Hall–Kier alpha value is -1.54. The average Bonchev–Trinajstić information content (AvgIpc) is 2.91. The maximum Gasteiger partial charge on any atom is 0.306 e. The molecule has 3 aromatic rings. The standard InChI is InChI=1S/C20H16BrClFNO3S/c21-14-8-12(23)9-15-17(14)18(28-13-4-2-11(22)3-5-13)19-20(27,10-16(25)26)6-1-7-24(15)19/h2-5,8-9,27H,1,6-7,10H2,(H,25,26). The summed E-state index contributed by atoms with van der Waals surface area (Å²) in [6, 6.07) is 10.1. The summed E-state index contributed by atoms with van der Waals surface area (Å²) >= 11 is 10.8. The van der Waals surface area contributed by atoms with Gasteiger partial charge in [0.2, 0.25) is 0 Å². The summed E-state index contributed by atoms with van der Waals surface area (Å²) in [5.41, 5.74) is -0.349. The monoisotopic (exact) mass is 483 g/mol. The van der Waals surface area contributed by atoms with Crippen molar-refractivity contribution in [3.05, 3.63) is 57.4 Å². The van der Waals surface area contributed by atoms with E-state index in [-0.39, 0.29) is 0 Å². The molecule has 4 nitrogen and oxygen atoms in total. The second kappa shape index (κ2) is 7.37. The van der Waals surface area contributed by atoms with Crippen molar-refractivity contribution in [2.45, 2.75) is 41.2 Å². The van der Waals surface area contributed by atoms with Gasteiger partial charge in [0.1, 0.15) is 11.4 Å². The van der Waals surface area contributed by atoms with E-state index in [0.717, 1.165) is 15.2 Å². The first-order valence-electron chi connectivity index (χ1n) is 8.68. The van der Waals surface area contributed by atoms with Crippen molar-refractivity contribution in [2.24, 2.45) is 0 Å². The summed E-state index contributed by atoms with van der Waals surface area (Å²) in [5, 5.41) is 22.1. The molecule has 0 bridgehead atoms. The fourth-order valence-corrected chi connectivity index (χ4v) is 5.94. The number of hydrogen-bond acceptors (Lipinski definition) is 3. The van der Waals surface area contributed by atoms with E-state index in [1.807, 2.05) is 16.7 Å². The summed E-state index contributed by atoms with van der Waals surface area (Å²) in [6.07, 6.45) is 0.543. The lowest BCUT2D eigenvalue weighted by Crippen LogP contribution is -2.36. The highest BCUT2D eigenvalue weighted by Crippen LogP contribution is 2.49. The average molecular weight is 485 g/mol. The third-order valence-corrected chi connectivity index (χ3v) is 6.91. The van der Waals surface area contributed by atoms with Gasteiger partial charge in [0, 0.05) is 31.2 Å². The fourth-order valence-electron chi connectivity index (χ4n) is 3.84. The zero-order valence-electron chi connectivity index (χ0n) is 14.6. The molecule has 0 radical (unpaired) electrons. The molecule has 1 unspecified atom stereocenters. The Labute approximate surface area is 178 Å². The summed E-state index contributed by atoms with van der Waals surface area (Å²) in [6.45, 7) is 0.588. The zero-order chi connectivity index (χ0) is 20.1. The first-order chi connectivity index (χ1) is 13.3. The van der Waals surface area contributed by atoms with Crippen LogP contribution in [-0.2, 0) is 16.9 Å². The quantitative estimate of drug-likeness (QED) is 0.491. The van der Waals surface area contributed by atoms with Crippen molar-refractivity contribution in [3.8, 4) is 0 Å². The smallest absolute Gasteiger partial charge is 0.306 e. The van der Waals surface area contributed by atoms with E-state index < -0.39 is 23.8 Å². The van der Waals surface area contributed by atoms with E-state index in [2.05, 4.69) is 15.9 Å². The molecule has 0 saturated carbocycles. The lowest BCUT2D eigenvalue weighted by atomic mass is 9.87. The third kappa shape index (κ3) is 3.45. The van der Waals surface area contributed by atoms with Crippen LogP contribution in [0.2, 0.25) is 5.02 Å². The Morgan fingerprint density at radius 3 is 2.71 bits per heavy atom. The minimum atomic E-state index is -1.52. The number of aliphatic carboxylic acids is 1. The van der Waals surface area contributed by atoms with Crippen molar-refractivity contribution >= 4 is 56.2 Å². The number of halogens is 3. The number of carbonyl (C=O) groups is 1. The van der Waals surface area contributed by atoms with Crippen LogP contribution in [0.1, 0.15) is 25.0 Å². The van der Waals surface area contributed by atoms with Crippen molar-refractivity contribution in [2.75, 3.05) is 0 Å². The van der Waals surface area contributed by atoms with Crippen molar-refractivity contribution < 1.29 is 19.4 Å². The Balaban J connectivity index is 1.99. The maximum atomic E-state index is 14.1.